The summed E-state index contributed by atoms with van der Waals surface area (Å²) in [5.74, 6) is 0.565. The van der Waals surface area contributed by atoms with E-state index in [1.165, 1.54) is 35.9 Å². The van der Waals surface area contributed by atoms with Crippen molar-refractivity contribution in [1.29, 1.82) is 0 Å². The van der Waals surface area contributed by atoms with E-state index in [2.05, 4.69) is 10.2 Å². The molecule has 2 rings (SSSR count). The minimum atomic E-state index is 0.138. The van der Waals surface area contributed by atoms with E-state index in [-0.39, 0.29) is 5.91 Å². The molecule has 0 aromatic carbocycles. The van der Waals surface area contributed by atoms with E-state index in [1.807, 2.05) is 14.0 Å². The van der Waals surface area contributed by atoms with Crippen LogP contribution in [0, 0.1) is 6.92 Å². The van der Waals surface area contributed by atoms with Gasteiger partial charge in [-0.25, -0.2) is 0 Å². The van der Waals surface area contributed by atoms with E-state index >= 15 is 0 Å². The van der Waals surface area contributed by atoms with Gasteiger partial charge in [0.25, 0.3) is 0 Å². The topological polar surface area (TPSA) is 55.3 Å². The molecule has 5 nitrogen and oxygen atoms in total. The molecule has 0 spiro atoms. The molecule has 1 aliphatic rings. The van der Waals surface area contributed by atoms with Crippen molar-refractivity contribution >= 4 is 29.0 Å². The average Bonchev–Trinajstić information content (AvgIpc) is 2.89. The van der Waals surface area contributed by atoms with Crippen molar-refractivity contribution in [3.63, 3.8) is 0 Å². The fourth-order valence-electron chi connectivity index (χ4n) is 2.07. The van der Waals surface area contributed by atoms with Crippen LogP contribution < -0.4 is 0 Å². The number of aromatic nitrogens is 2. The Kier molecular flexibility index (Phi) is 6.25. The standard InChI is InChI=1S/C13H21N3O2S2/c1-10-14-15-13(20-10)19-9-12(17)16(2)7-6-11-5-3-4-8-18-11/h11H,3-9H2,1-2H3/t11-/m0/s1. The Morgan fingerprint density at radius 3 is 3.00 bits per heavy atom. The summed E-state index contributed by atoms with van der Waals surface area (Å²) in [7, 11) is 1.86. The van der Waals surface area contributed by atoms with Gasteiger partial charge in [-0.1, -0.05) is 23.1 Å². The Morgan fingerprint density at radius 1 is 1.50 bits per heavy atom. The Bertz CT molecular complexity index is 433. The molecule has 0 radical (unpaired) electrons. The Morgan fingerprint density at radius 2 is 2.35 bits per heavy atom. The normalized spacial score (nSPS) is 19.0. The number of thioether (sulfide) groups is 1. The molecule has 0 bridgehead atoms. The smallest absolute Gasteiger partial charge is 0.232 e. The summed E-state index contributed by atoms with van der Waals surface area (Å²) < 4.78 is 6.54. The molecule has 1 amide bonds. The highest BCUT2D eigenvalue weighted by Gasteiger charge is 2.16. The number of amides is 1. The van der Waals surface area contributed by atoms with E-state index in [4.69, 9.17) is 4.74 Å². The third-order valence-corrected chi connectivity index (χ3v) is 5.27. The summed E-state index contributed by atoms with van der Waals surface area (Å²) in [4.78, 5) is 13.8. The maximum atomic E-state index is 12.0. The van der Waals surface area contributed by atoms with E-state index in [9.17, 15) is 4.79 Å². The lowest BCUT2D eigenvalue weighted by Crippen LogP contribution is -2.32. The highest BCUT2D eigenvalue weighted by atomic mass is 32.2. The molecule has 2 heterocycles. The monoisotopic (exact) mass is 315 g/mol. The lowest BCUT2D eigenvalue weighted by atomic mass is 10.1. The fourth-order valence-corrected chi connectivity index (χ4v) is 3.82. The van der Waals surface area contributed by atoms with Crippen LogP contribution in [0.25, 0.3) is 0 Å². The van der Waals surface area contributed by atoms with Gasteiger partial charge in [-0.15, -0.1) is 10.2 Å². The van der Waals surface area contributed by atoms with Crippen molar-refractivity contribution in [2.24, 2.45) is 0 Å². The van der Waals surface area contributed by atoms with E-state index in [1.54, 1.807) is 4.90 Å². The Labute approximate surface area is 128 Å². The van der Waals surface area contributed by atoms with Crippen LogP contribution in [0.4, 0.5) is 0 Å². The summed E-state index contributed by atoms with van der Waals surface area (Å²) in [5, 5.41) is 8.88. The van der Waals surface area contributed by atoms with E-state index in [0.717, 1.165) is 35.3 Å². The molecule has 112 valence electrons. The number of ether oxygens (including phenoxy) is 1. The minimum absolute atomic E-state index is 0.138. The Hall–Kier alpha value is -0.660. The van der Waals surface area contributed by atoms with E-state index in [0.29, 0.717) is 11.9 Å². The third-order valence-electron chi connectivity index (χ3n) is 3.31. The average molecular weight is 315 g/mol. The van der Waals surface area contributed by atoms with Crippen molar-refractivity contribution in [3.05, 3.63) is 5.01 Å². The van der Waals surface area contributed by atoms with Gasteiger partial charge in [-0.3, -0.25) is 4.79 Å². The molecule has 7 heteroatoms. The highest BCUT2D eigenvalue weighted by Crippen LogP contribution is 2.22. The third kappa shape index (κ3) is 5.03. The first kappa shape index (κ1) is 15.7. The molecule has 1 aliphatic heterocycles. The van der Waals surface area contributed by atoms with Crippen LogP contribution in [0.2, 0.25) is 0 Å². The number of carbonyl (C=O) groups is 1. The number of rotatable bonds is 6. The van der Waals surface area contributed by atoms with Crippen LogP contribution in [0.3, 0.4) is 0 Å². The first-order chi connectivity index (χ1) is 9.65. The second-order valence-corrected chi connectivity index (χ2v) is 7.37. The predicted molar refractivity (Wildman–Crippen MR) is 81.2 cm³/mol. The summed E-state index contributed by atoms with van der Waals surface area (Å²) in [6, 6.07) is 0. The van der Waals surface area contributed by atoms with Gasteiger partial charge in [0.1, 0.15) is 5.01 Å². The quantitative estimate of drug-likeness (QED) is 0.754. The van der Waals surface area contributed by atoms with Crippen LogP contribution in [-0.2, 0) is 9.53 Å². The Balaban J connectivity index is 1.66. The molecule has 0 saturated carbocycles. The van der Waals surface area contributed by atoms with Crippen molar-refractivity contribution in [2.75, 3.05) is 26.0 Å². The van der Waals surface area contributed by atoms with E-state index < -0.39 is 0 Å². The first-order valence-corrected chi connectivity index (χ1v) is 8.74. The predicted octanol–water partition coefficient (Wildman–Crippen LogP) is 2.36. The first-order valence-electron chi connectivity index (χ1n) is 6.93. The lowest BCUT2D eigenvalue weighted by Gasteiger charge is -2.25. The van der Waals surface area contributed by atoms with Crippen LogP contribution in [-0.4, -0.2) is 53.1 Å². The van der Waals surface area contributed by atoms with Gasteiger partial charge >= 0.3 is 0 Å². The van der Waals surface area contributed by atoms with Crippen molar-refractivity contribution in [2.45, 2.75) is 43.1 Å². The summed E-state index contributed by atoms with van der Waals surface area (Å²) >= 11 is 2.99. The summed E-state index contributed by atoms with van der Waals surface area (Å²) in [6.45, 7) is 3.55. The second kappa shape index (κ2) is 7.95. The maximum absolute atomic E-state index is 12.0. The molecule has 1 atom stereocenters. The van der Waals surface area contributed by atoms with Gasteiger partial charge in [-0.2, -0.15) is 0 Å². The number of hydrogen-bond acceptors (Lipinski definition) is 6. The van der Waals surface area contributed by atoms with Gasteiger partial charge < -0.3 is 9.64 Å². The van der Waals surface area contributed by atoms with Crippen LogP contribution in [0.15, 0.2) is 4.34 Å². The number of nitrogens with zero attached hydrogens (tertiary/aromatic N) is 3. The molecule has 1 aromatic heterocycles. The van der Waals surface area contributed by atoms with Gasteiger partial charge in [0, 0.05) is 20.2 Å². The van der Waals surface area contributed by atoms with Gasteiger partial charge in [-0.05, 0) is 32.6 Å². The van der Waals surface area contributed by atoms with Gasteiger partial charge in [0.05, 0.1) is 11.9 Å². The van der Waals surface area contributed by atoms with Gasteiger partial charge in [0.15, 0.2) is 4.34 Å². The van der Waals surface area contributed by atoms with Crippen LogP contribution >= 0.6 is 23.1 Å². The minimum Gasteiger partial charge on any atom is -0.378 e. The number of aryl methyl sites for hydroxylation is 1. The summed E-state index contributed by atoms with van der Waals surface area (Å²) in [6.07, 6.45) is 4.81. The lowest BCUT2D eigenvalue weighted by molar-refractivity contribution is -0.127. The van der Waals surface area contributed by atoms with Crippen molar-refractivity contribution < 1.29 is 9.53 Å². The maximum Gasteiger partial charge on any atom is 0.232 e. The number of carbonyl (C=O) groups excluding carboxylic acids is 1. The molecular formula is C13H21N3O2S2. The van der Waals surface area contributed by atoms with Crippen LogP contribution in [0.1, 0.15) is 30.7 Å². The molecule has 1 saturated heterocycles. The molecular weight excluding hydrogens is 294 g/mol. The molecule has 0 aliphatic carbocycles. The highest BCUT2D eigenvalue weighted by molar-refractivity contribution is 8.01. The molecule has 20 heavy (non-hydrogen) atoms. The zero-order chi connectivity index (χ0) is 14.4. The fraction of sp³-hybridized carbons (Fsp3) is 0.769. The zero-order valence-electron chi connectivity index (χ0n) is 12.0. The van der Waals surface area contributed by atoms with Crippen molar-refractivity contribution in [1.82, 2.24) is 15.1 Å². The van der Waals surface area contributed by atoms with Crippen molar-refractivity contribution in [3.8, 4) is 0 Å². The van der Waals surface area contributed by atoms with Crippen LogP contribution in [0.5, 0.6) is 0 Å². The zero-order valence-corrected chi connectivity index (χ0v) is 13.6. The molecule has 0 N–H and O–H groups in total. The van der Waals surface area contributed by atoms with Gasteiger partial charge in [0.2, 0.25) is 5.91 Å². The molecule has 1 aromatic rings. The number of hydrogen-bond donors (Lipinski definition) is 0. The SMILES string of the molecule is Cc1nnc(SCC(=O)N(C)CC[C@@H]2CCCCO2)s1. The largest absolute Gasteiger partial charge is 0.378 e. The summed E-state index contributed by atoms with van der Waals surface area (Å²) in [5.41, 5.74) is 0. The molecule has 1 fully saturated rings. The second-order valence-electron chi connectivity index (χ2n) is 4.97. The molecule has 0 unspecified atom stereocenters.